The van der Waals surface area contributed by atoms with Crippen LogP contribution in [0.1, 0.15) is 41.7 Å². The van der Waals surface area contributed by atoms with Crippen LogP contribution < -0.4 is 4.90 Å². The van der Waals surface area contributed by atoms with Crippen molar-refractivity contribution in [2.75, 3.05) is 44.2 Å². The third-order valence-corrected chi connectivity index (χ3v) is 5.74. The standard InChI is InChI=1S/C21H27N5O/c1-17(18-6-4-8-22-16-18)24-12-14-26(15-13-24)21(27)19-7-5-9-23-20(19)25-10-2-3-11-25/h4-9,16-17H,2-3,10-15H2,1H3. The highest BCUT2D eigenvalue weighted by molar-refractivity contribution is 5.99. The number of anilines is 1. The van der Waals surface area contributed by atoms with Crippen LogP contribution in [-0.2, 0) is 0 Å². The molecule has 4 heterocycles. The van der Waals surface area contributed by atoms with Crippen molar-refractivity contribution >= 4 is 11.7 Å². The summed E-state index contributed by atoms with van der Waals surface area (Å²) in [5.74, 6) is 0.963. The molecule has 0 N–H and O–H groups in total. The van der Waals surface area contributed by atoms with Gasteiger partial charge < -0.3 is 9.80 Å². The van der Waals surface area contributed by atoms with Gasteiger partial charge in [-0.25, -0.2) is 4.98 Å². The second-order valence-electron chi connectivity index (χ2n) is 7.36. The predicted octanol–water partition coefficient (Wildman–Crippen LogP) is 2.60. The molecule has 4 rings (SSSR count). The summed E-state index contributed by atoms with van der Waals surface area (Å²) in [7, 11) is 0. The molecular weight excluding hydrogens is 338 g/mol. The second-order valence-corrected chi connectivity index (χ2v) is 7.36. The van der Waals surface area contributed by atoms with Crippen molar-refractivity contribution < 1.29 is 4.79 Å². The Hall–Kier alpha value is -2.47. The number of pyridine rings is 2. The Kier molecular flexibility index (Phi) is 5.34. The molecule has 2 aliphatic rings. The summed E-state index contributed by atoms with van der Waals surface area (Å²) in [5, 5.41) is 0. The summed E-state index contributed by atoms with van der Waals surface area (Å²) in [6.45, 7) is 7.44. The van der Waals surface area contributed by atoms with Crippen LogP contribution in [0.15, 0.2) is 42.9 Å². The Morgan fingerprint density at radius 3 is 2.44 bits per heavy atom. The van der Waals surface area contributed by atoms with Gasteiger partial charge in [-0.2, -0.15) is 0 Å². The number of rotatable bonds is 4. The lowest BCUT2D eigenvalue weighted by Gasteiger charge is -2.38. The van der Waals surface area contributed by atoms with Crippen molar-refractivity contribution in [1.82, 2.24) is 19.8 Å². The summed E-state index contributed by atoms with van der Waals surface area (Å²) in [5.41, 5.74) is 1.97. The Labute approximate surface area is 160 Å². The molecule has 0 spiro atoms. The van der Waals surface area contributed by atoms with Crippen molar-refractivity contribution in [3.05, 3.63) is 54.0 Å². The highest BCUT2D eigenvalue weighted by atomic mass is 16.2. The van der Waals surface area contributed by atoms with E-state index in [0.717, 1.165) is 50.6 Å². The van der Waals surface area contributed by atoms with Crippen molar-refractivity contribution in [1.29, 1.82) is 0 Å². The van der Waals surface area contributed by atoms with Gasteiger partial charge in [0.15, 0.2) is 0 Å². The first kappa shape index (κ1) is 17.9. The smallest absolute Gasteiger partial charge is 0.257 e. The number of hydrogen-bond donors (Lipinski definition) is 0. The van der Waals surface area contributed by atoms with Gasteiger partial charge in [-0.15, -0.1) is 0 Å². The number of carbonyl (C=O) groups is 1. The molecule has 2 aromatic rings. The van der Waals surface area contributed by atoms with Gasteiger partial charge in [-0.1, -0.05) is 6.07 Å². The van der Waals surface area contributed by atoms with Gasteiger partial charge in [0.25, 0.3) is 5.91 Å². The van der Waals surface area contributed by atoms with E-state index in [1.165, 1.54) is 18.4 Å². The lowest BCUT2D eigenvalue weighted by Crippen LogP contribution is -2.49. The third kappa shape index (κ3) is 3.81. The molecule has 142 valence electrons. The summed E-state index contributed by atoms with van der Waals surface area (Å²) >= 11 is 0. The Balaban J connectivity index is 1.42. The lowest BCUT2D eigenvalue weighted by molar-refractivity contribution is 0.0582. The Morgan fingerprint density at radius 1 is 1.00 bits per heavy atom. The minimum absolute atomic E-state index is 0.110. The van der Waals surface area contributed by atoms with E-state index in [0.29, 0.717) is 6.04 Å². The molecule has 0 aliphatic carbocycles. The van der Waals surface area contributed by atoms with Crippen LogP contribution in [0, 0.1) is 0 Å². The normalized spacial score (nSPS) is 19.3. The van der Waals surface area contributed by atoms with Gasteiger partial charge in [0.1, 0.15) is 5.82 Å². The maximum Gasteiger partial charge on any atom is 0.257 e. The molecule has 1 amide bonds. The zero-order chi connectivity index (χ0) is 18.6. The predicted molar refractivity (Wildman–Crippen MR) is 106 cm³/mol. The molecule has 2 fully saturated rings. The summed E-state index contributed by atoms with van der Waals surface area (Å²) in [4.78, 5) is 28.5. The first-order valence-corrected chi connectivity index (χ1v) is 9.87. The fraction of sp³-hybridized carbons (Fsp3) is 0.476. The van der Waals surface area contributed by atoms with Crippen molar-refractivity contribution in [2.24, 2.45) is 0 Å². The summed E-state index contributed by atoms with van der Waals surface area (Å²) in [6, 6.07) is 8.21. The molecular formula is C21H27N5O. The number of carbonyl (C=O) groups excluding carboxylic acids is 1. The van der Waals surface area contributed by atoms with Gasteiger partial charge in [0.2, 0.25) is 0 Å². The van der Waals surface area contributed by atoms with E-state index >= 15 is 0 Å². The van der Waals surface area contributed by atoms with Gasteiger partial charge in [0.05, 0.1) is 5.56 Å². The van der Waals surface area contributed by atoms with Gasteiger partial charge in [0, 0.05) is 63.9 Å². The molecule has 0 bridgehead atoms. The SMILES string of the molecule is CC(c1cccnc1)N1CCN(C(=O)c2cccnc2N2CCCC2)CC1. The lowest BCUT2D eigenvalue weighted by atomic mass is 10.1. The van der Waals surface area contributed by atoms with E-state index in [2.05, 4.69) is 32.8 Å². The summed E-state index contributed by atoms with van der Waals surface area (Å²) in [6.07, 6.45) is 7.88. The molecule has 1 atom stereocenters. The van der Waals surface area contributed by atoms with E-state index in [9.17, 15) is 4.79 Å². The zero-order valence-electron chi connectivity index (χ0n) is 15.9. The maximum absolute atomic E-state index is 13.2. The molecule has 2 saturated heterocycles. The highest BCUT2D eigenvalue weighted by Gasteiger charge is 2.28. The largest absolute Gasteiger partial charge is 0.356 e. The van der Waals surface area contributed by atoms with Crippen molar-refractivity contribution in [2.45, 2.75) is 25.8 Å². The number of amides is 1. The van der Waals surface area contributed by atoms with Gasteiger partial charge in [-0.3, -0.25) is 14.7 Å². The Bertz CT molecular complexity index is 767. The highest BCUT2D eigenvalue weighted by Crippen LogP contribution is 2.25. The van der Waals surface area contributed by atoms with E-state index < -0.39 is 0 Å². The third-order valence-electron chi connectivity index (χ3n) is 5.74. The van der Waals surface area contributed by atoms with E-state index in [4.69, 9.17) is 0 Å². The topological polar surface area (TPSA) is 52.6 Å². The molecule has 6 nitrogen and oxygen atoms in total. The van der Waals surface area contributed by atoms with Crippen LogP contribution >= 0.6 is 0 Å². The van der Waals surface area contributed by atoms with E-state index in [-0.39, 0.29) is 5.91 Å². The van der Waals surface area contributed by atoms with Crippen molar-refractivity contribution in [3.63, 3.8) is 0 Å². The molecule has 6 heteroatoms. The monoisotopic (exact) mass is 365 g/mol. The first-order valence-electron chi connectivity index (χ1n) is 9.87. The van der Waals surface area contributed by atoms with Crippen LogP contribution in [0.4, 0.5) is 5.82 Å². The van der Waals surface area contributed by atoms with E-state index in [1.807, 2.05) is 29.3 Å². The molecule has 1 unspecified atom stereocenters. The van der Waals surface area contributed by atoms with Crippen LogP contribution in [-0.4, -0.2) is 64.9 Å². The fourth-order valence-electron chi connectivity index (χ4n) is 4.06. The minimum Gasteiger partial charge on any atom is -0.356 e. The molecule has 0 saturated carbocycles. The average molecular weight is 365 g/mol. The first-order chi connectivity index (χ1) is 13.2. The van der Waals surface area contributed by atoms with Gasteiger partial charge in [-0.05, 0) is 43.5 Å². The van der Waals surface area contributed by atoms with Crippen molar-refractivity contribution in [3.8, 4) is 0 Å². The maximum atomic E-state index is 13.2. The molecule has 0 aromatic carbocycles. The van der Waals surface area contributed by atoms with Crippen LogP contribution in [0.5, 0.6) is 0 Å². The number of aromatic nitrogens is 2. The second kappa shape index (κ2) is 8.05. The quantitative estimate of drug-likeness (QED) is 0.834. The Morgan fingerprint density at radius 2 is 1.74 bits per heavy atom. The number of hydrogen-bond acceptors (Lipinski definition) is 5. The summed E-state index contributed by atoms with van der Waals surface area (Å²) < 4.78 is 0. The molecule has 0 radical (unpaired) electrons. The molecule has 2 aliphatic heterocycles. The number of nitrogens with zero attached hydrogens (tertiary/aromatic N) is 5. The van der Waals surface area contributed by atoms with Crippen LogP contribution in [0.3, 0.4) is 0 Å². The average Bonchev–Trinajstić information content (AvgIpc) is 3.28. The molecule has 27 heavy (non-hydrogen) atoms. The molecule has 2 aromatic heterocycles. The van der Waals surface area contributed by atoms with Crippen LogP contribution in [0.2, 0.25) is 0 Å². The van der Waals surface area contributed by atoms with Crippen LogP contribution in [0.25, 0.3) is 0 Å². The fourth-order valence-corrected chi connectivity index (χ4v) is 4.06. The zero-order valence-corrected chi connectivity index (χ0v) is 15.9. The number of piperazine rings is 1. The minimum atomic E-state index is 0.110. The van der Waals surface area contributed by atoms with Gasteiger partial charge >= 0.3 is 0 Å². The van der Waals surface area contributed by atoms with E-state index in [1.54, 1.807) is 12.4 Å².